The van der Waals surface area contributed by atoms with Crippen LogP contribution in [0.15, 0.2) is 97.1 Å². The fraction of sp³-hybridized carbons (Fsp3) is 0.219. The summed E-state index contributed by atoms with van der Waals surface area (Å²) >= 11 is 0. The Balaban J connectivity index is 1.53. The standard InChI is InChI=1S/C32H34N2O6S/c1-23-30(33-41(2,38)39)9-6-10-31(23)34(19-24-7-4-3-5-8-24)20-25-11-13-26(14-12-25)32(37)27-15-17-29(18-16-27)40-22-28(36)21-35/h3-18,28,33,35-36H,19-22H2,1-2H3/t28-/m1/s1. The first kappa shape index (κ1) is 29.8. The van der Waals surface area contributed by atoms with Gasteiger partial charge in [-0.15, -0.1) is 0 Å². The number of sulfonamides is 1. The SMILES string of the molecule is Cc1c(NS(C)(=O)=O)cccc1N(Cc1ccccc1)Cc1ccc(C(=O)c2ccc(OC[C@H](O)CO)cc2)cc1. The minimum atomic E-state index is -3.43. The molecular weight excluding hydrogens is 540 g/mol. The van der Waals surface area contributed by atoms with Crippen molar-refractivity contribution in [3.05, 3.63) is 125 Å². The average molecular weight is 575 g/mol. The van der Waals surface area contributed by atoms with Gasteiger partial charge in [-0.25, -0.2) is 8.42 Å². The Hall–Kier alpha value is -4.18. The Bertz CT molecular complexity index is 1560. The van der Waals surface area contributed by atoms with Gasteiger partial charge in [0.15, 0.2) is 5.78 Å². The fourth-order valence-electron chi connectivity index (χ4n) is 4.40. The first-order valence-corrected chi connectivity index (χ1v) is 15.0. The van der Waals surface area contributed by atoms with Crippen LogP contribution in [0.2, 0.25) is 0 Å². The molecule has 1 atom stereocenters. The number of carbonyl (C=O) groups is 1. The highest BCUT2D eigenvalue weighted by atomic mass is 32.2. The second-order valence-corrected chi connectivity index (χ2v) is 11.6. The summed E-state index contributed by atoms with van der Waals surface area (Å²) in [5.74, 6) is 0.365. The maximum Gasteiger partial charge on any atom is 0.229 e. The molecule has 0 amide bonds. The molecule has 0 saturated heterocycles. The number of anilines is 2. The minimum Gasteiger partial charge on any atom is -0.491 e. The van der Waals surface area contributed by atoms with Crippen LogP contribution in [0.25, 0.3) is 0 Å². The van der Waals surface area contributed by atoms with Crippen molar-refractivity contribution in [2.75, 3.05) is 29.1 Å². The van der Waals surface area contributed by atoms with E-state index in [2.05, 4.69) is 9.62 Å². The smallest absolute Gasteiger partial charge is 0.229 e. The molecule has 8 nitrogen and oxygen atoms in total. The van der Waals surface area contributed by atoms with Crippen LogP contribution in [0, 0.1) is 6.92 Å². The van der Waals surface area contributed by atoms with Crippen LogP contribution in [0.5, 0.6) is 5.75 Å². The molecule has 0 aliphatic heterocycles. The van der Waals surface area contributed by atoms with Gasteiger partial charge in [-0.2, -0.15) is 0 Å². The molecule has 41 heavy (non-hydrogen) atoms. The number of aliphatic hydroxyl groups is 2. The van der Waals surface area contributed by atoms with Crippen molar-refractivity contribution in [3.63, 3.8) is 0 Å². The fourth-order valence-corrected chi connectivity index (χ4v) is 5.02. The molecule has 4 aromatic rings. The van der Waals surface area contributed by atoms with E-state index >= 15 is 0 Å². The van der Waals surface area contributed by atoms with E-state index in [0.717, 1.165) is 28.6 Å². The Morgan fingerprint density at radius 1 is 0.854 bits per heavy atom. The summed E-state index contributed by atoms with van der Waals surface area (Å²) in [4.78, 5) is 15.3. The number of rotatable bonds is 13. The number of ketones is 1. The number of carbonyl (C=O) groups excluding carboxylic acids is 1. The molecule has 0 heterocycles. The second-order valence-electron chi connectivity index (χ2n) is 9.86. The number of aliphatic hydroxyl groups excluding tert-OH is 2. The van der Waals surface area contributed by atoms with Crippen molar-refractivity contribution in [2.45, 2.75) is 26.1 Å². The van der Waals surface area contributed by atoms with E-state index in [9.17, 15) is 18.3 Å². The van der Waals surface area contributed by atoms with Gasteiger partial charge in [0.1, 0.15) is 18.5 Å². The summed E-state index contributed by atoms with van der Waals surface area (Å²) < 4.78 is 31.8. The molecule has 0 unspecified atom stereocenters. The highest BCUT2D eigenvalue weighted by Crippen LogP contribution is 2.30. The molecule has 0 bridgehead atoms. The molecule has 4 aromatic carbocycles. The summed E-state index contributed by atoms with van der Waals surface area (Å²) in [6.45, 7) is 2.62. The molecule has 0 spiro atoms. The molecule has 9 heteroatoms. The summed E-state index contributed by atoms with van der Waals surface area (Å²) in [6.07, 6.45) is 0.173. The van der Waals surface area contributed by atoms with E-state index in [1.165, 1.54) is 0 Å². The van der Waals surface area contributed by atoms with Crippen molar-refractivity contribution in [3.8, 4) is 5.75 Å². The molecule has 0 fully saturated rings. The summed E-state index contributed by atoms with van der Waals surface area (Å²) in [5.41, 5.74) is 5.40. The lowest BCUT2D eigenvalue weighted by Crippen LogP contribution is -2.23. The Morgan fingerprint density at radius 3 is 2.02 bits per heavy atom. The van der Waals surface area contributed by atoms with E-state index in [4.69, 9.17) is 9.84 Å². The average Bonchev–Trinajstić information content (AvgIpc) is 2.97. The van der Waals surface area contributed by atoms with Crippen LogP contribution < -0.4 is 14.4 Å². The van der Waals surface area contributed by atoms with E-state index in [0.29, 0.717) is 35.7 Å². The summed E-state index contributed by atoms with van der Waals surface area (Å²) in [7, 11) is -3.43. The maximum atomic E-state index is 13.1. The molecule has 4 rings (SSSR count). The van der Waals surface area contributed by atoms with E-state index < -0.39 is 16.1 Å². The molecule has 0 aliphatic carbocycles. The zero-order valence-electron chi connectivity index (χ0n) is 23.0. The number of ether oxygens (including phenoxy) is 1. The number of hydrogen-bond acceptors (Lipinski definition) is 7. The molecule has 0 aliphatic rings. The zero-order valence-corrected chi connectivity index (χ0v) is 23.8. The highest BCUT2D eigenvalue weighted by molar-refractivity contribution is 7.92. The Kier molecular flexibility index (Phi) is 9.78. The van der Waals surface area contributed by atoms with Gasteiger partial charge in [0, 0.05) is 29.9 Å². The number of benzene rings is 4. The highest BCUT2D eigenvalue weighted by Gasteiger charge is 2.16. The number of nitrogens with one attached hydrogen (secondary N) is 1. The predicted molar refractivity (Wildman–Crippen MR) is 161 cm³/mol. The van der Waals surface area contributed by atoms with Crippen LogP contribution in [-0.4, -0.2) is 50.0 Å². The van der Waals surface area contributed by atoms with Crippen molar-refractivity contribution < 1.29 is 28.2 Å². The van der Waals surface area contributed by atoms with Gasteiger partial charge >= 0.3 is 0 Å². The topological polar surface area (TPSA) is 116 Å². The summed E-state index contributed by atoms with van der Waals surface area (Å²) in [5, 5.41) is 18.3. The van der Waals surface area contributed by atoms with Crippen LogP contribution >= 0.6 is 0 Å². The van der Waals surface area contributed by atoms with E-state index in [1.54, 1.807) is 42.5 Å². The van der Waals surface area contributed by atoms with Crippen molar-refractivity contribution in [1.29, 1.82) is 0 Å². The number of nitrogens with zero attached hydrogens (tertiary/aromatic N) is 1. The maximum absolute atomic E-state index is 13.1. The van der Waals surface area contributed by atoms with E-state index in [-0.39, 0.29) is 19.0 Å². The van der Waals surface area contributed by atoms with Gasteiger partial charge < -0.3 is 19.8 Å². The molecule has 0 radical (unpaired) electrons. The first-order valence-electron chi connectivity index (χ1n) is 13.1. The van der Waals surface area contributed by atoms with Gasteiger partial charge in [0.05, 0.1) is 18.6 Å². The lowest BCUT2D eigenvalue weighted by atomic mass is 10.0. The predicted octanol–water partition coefficient (Wildman–Crippen LogP) is 4.54. The number of hydrogen-bond donors (Lipinski definition) is 3. The zero-order chi connectivity index (χ0) is 29.4. The Labute approximate surface area is 240 Å². The van der Waals surface area contributed by atoms with Gasteiger partial charge in [-0.05, 0) is 60.0 Å². The van der Waals surface area contributed by atoms with Crippen LogP contribution in [0.4, 0.5) is 11.4 Å². The molecule has 0 saturated carbocycles. The third kappa shape index (κ3) is 8.40. The van der Waals surface area contributed by atoms with Crippen molar-refractivity contribution in [1.82, 2.24) is 0 Å². The largest absolute Gasteiger partial charge is 0.491 e. The minimum absolute atomic E-state index is 0.0371. The normalized spacial score (nSPS) is 12.0. The van der Waals surface area contributed by atoms with Crippen molar-refractivity contribution in [2.24, 2.45) is 0 Å². The quantitative estimate of drug-likeness (QED) is 0.201. The van der Waals surface area contributed by atoms with Gasteiger partial charge in [0.25, 0.3) is 0 Å². The molecule has 0 aromatic heterocycles. The second kappa shape index (κ2) is 13.5. The van der Waals surface area contributed by atoms with Crippen LogP contribution in [0.1, 0.15) is 32.6 Å². The summed E-state index contributed by atoms with van der Waals surface area (Å²) in [6, 6.07) is 29.7. The third-order valence-corrected chi connectivity index (χ3v) is 7.11. The third-order valence-electron chi connectivity index (χ3n) is 6.52. The van der Waals surface area contributed by atoms with E-state index in [1.807, 2.05) is 61.5 Å². The lowest BCUT2D eigenvalue weighted by molar-refractivity contribution is 0.0536. The lowest BCUT2D eigenvalue weighted by Gasteiger charge is -2.28. The first-order chi connectivity index (χ1) is 19.6. The van der Waals surface area contributed by atoms with Gasteiger partial charge in [-0.1, -0.05) is 60.7 Å². The molecule has 214 valence electrons. The van der Waals surface area contributed by atoms with Crippen LogP contribution in [0.3, 0.4) is 0 Å². The van der Waals surface area contributed by atoms with Gasteiger partial charge in [0.2, 0.25) is 10.0 Å². The molecule has 3 N–H and O–H groups in total. The Morgan fingerprint density at radius 2 is 1.44 bits per heavy atom. The monoisotopic (exact) mass is 574 g/mol. The van der Waals surface area contributed by atoms with Gasteiger partial charge in [-0.3, -0.25) is 9.52 Å². The van der Waals surface area contributed by atoms with Crippen LogP contribution in [-0.2, 0) is 23.1 Å². The van der Waals surface area contributed by atoms with Crippen molar-refractivity contribution >= 4 is 27.2 Å². The molecular formula is C32H34N2O6S.